The van der Waals surface area contributed by atoms with Crippen LogP contribution in [-0.2, 0) is 13.0 Å². The van der Waals surface area contributed by atoms with Crippen LogP contribution in [0.25, 0.3) is 0 Å². The van der Waals surface area contributed by atoms with Gasteiger partial charge >= 0.3 is 0 Å². The van der Waals surface area contributed by atoms with Crippen molar-refractivity contribution in [2.24, 2.45) is 5.92 Å². The molecule has 1 aliphatic rings. The Morgan fingerprint density at radius 1 is 1.50 bits per heavy atom. The highest BCUT2D eigenvalue weighted by atomic mass is 32.1. The summed E-state index contributed by atoms with van der Waals surface area (Å²) in [6.07, 6.45) is 3.36. The normalized spacial score (nSPS) is 20.1. The molecule has 0 aliphatic carbocycles. The van der Waals surface area contributed by atoms with Crippen molar-refractivity contribution in [1.29, 1.82) is 0 Å². The molecular formula is C15H21N3OS. The summed E-state index contributed by atoms with van der Waals surface area (Å²) < 4.78 is 5.39. The summed E-state index contributed by atoms with van der Waals surface area (Å²) >= 11 is 1.84. The third-order valence-electron chi connectivity index (χ3n) is 3.67. The SMILES string of the molecule is CC(C)Cc1noc(CN2CCC[C@@H]2c2cccs2)n1. The lowest BCUT2D eigenvalue weighted by Gasteiger charge is -2.21. The Labute approximate surface area is 123 Å². The fraction of sp³-hybridized carbons (Fsp3) is 0.600. The average molecular weight is 291 g/mol. The summed E-state index contributed by atoms with van der Waals surface area (Å²) in [5.74, 6) is 2.15. The van der Waals surface area contributed by atoms with Gasteiger partial charge in [0.25, 0.3) is 0 Å². The monoisotopic (exact) mass is 291 g/mol. The Kier molecular flexibility index (Phi) is 4.17. The molecule has 3 rings (SSSR count). The second-order valence-corrected chi connectivity index (χ2v) is 6.83. The van der Waals surface area contributed by atoms with Gasteiger partial charge < -0.3 is 4.52 Å². The minimum Gasteiger partial charge on any atom is -0.338 e. The molecule has 0 saturated carbocycles. The third-order valence-corrected chi connectivity index (χ3v) is 4.65. The van der Waals surface area contributed by atoms with E-state index in [-0.39, 0.29) is 0 Å². The minimum absolute atomic E-state index is 0.524. The molecule has 1 aliphatic heterocycles. The van der Waals surface area contributed by atoms with Crippen LogP contribution < -0.4 is 0 Å². The van der Waals surface area contributed by atoms with Crippen molar-refractivity contribution in [3.05, 3.63) is 34.1 Å². The van der Waals surface area contributed by atoms with Gasteiger partial charge in [-0.05, 0) is 36.8 Å². The van der Waals surface area contributed by atoms with Gasteiger partial charge in [0.15, 0.2) is 5.82 Å². The van der Waals surface area contributed by atoms with Crippen LogP contribution >= 0.6 is 11.3 Å². The van der Waals surface area contributed by atoms with Gasteiger partial charge in [-0.15, -0.1) is 11.3 Å². The van der Waals surface area contributed by atoms with Crippen LogP contribution in [0.2, 0.25) is 0 Å². The van der Waals surface area contributed by atoms with Crippen LogP contribution in [0, 0.1) is 5.92 Å². The van der Waals surface area contributed by atoms with Crippen LogP contribution in [0.15, 0.2) is 22.0 Å². The van der Waals surface area contributed by atoms with Crippen molar-refractivity contribution in [3.63, 3.8) is 0 Å². The molecule has 0 N–H and O–H groups in total. The Morgan fingerprint density at radius 3 is 3.15 bits per heavy atom. The number of likely N-dealkylation sites (tertiary alicyclic amines) is 1. The van der Waals surface area contributed by atoms with E-state index < -0.39 is 0 Å². The van der Waals surface area contributed by atoms with Gasteiger partial charge in [0, 0.05) is 17.3 Å². The van der Waals surface area contributed by atoms with Crippen molar-refractivity contribution < 1.29 is 4.52 Å². The number of nitrogens with zero attached hydrogens (tertiary/aromatic N) is 3. The lowest BCUT2D eigenvalue weighted by atomic mass is 10.1. The lowest BCUT2D eigenvalue weighted by Crippen LogP contribution is -2.22. The molecule has 3 heterocycles. The maximum absolute atomic E-state index is 5.39. The Morgan fingerprint density at radius 2 is 2.40 bits per heavy atom. The molecule has 0 radical (unpaired) electrons. The Hall–Kier alpha value is -1.20. The second-order valence-electron chi connectivity index (χ2n) is 5.85. The fourth-order valence-corrected chi connectivity index (χ4v) is 3.69. The zero-order chi connectivity index (χ0) is 13.9. The van der Waals surface area contributed by atoms with Crippen molar-refractivity contribution in [1.82, 2.24) is 15.0 Å². The molecule has 0 unspecified atom stereocenters. The molecule has 20 heavy (non-hydrogen) atoms. The van der Waals surface area contributed by atoms with E-state index in [9.17, 15) is 0 Å². The van der Waals surface area contributed by atoms with E-state index in [1.165, 1.54) is 17.7 Å². The van der Waals surface area contributed by atoms with E-state index in [1.54, 1.807) is 0 Å². The molecule has 0 aromatic carbocycles. The molecule has 0 amide bonds. The summed E-state index contributed by atoms with van der Waals surface area (Å²) in [6, 6.07) is 4.88. The van der Waals surface area contributed by atoms with Gasteiger partial charge in [-0.3, -0.25) is 4.90 Å². The van der Waals surface area contributed by atoms with Crippen molar-refractivity contribution in [2.45, 2.75) is 45.7 Å². The predicted octanol–water partition coefficient (Wildman–Crippen LogP) is 3.67. The van der Waals surface area contributed by atoms with Crippen molar-refractivity contribution in [2.75, 3.05) is 6.54 Å². The summed E-state index contributed by atoms with van der Waals surface area (Å²) in [6.45, 7) is 6.23. The van der Waals surface area contributed by atoms with Gasteiger partial charge in [-0.25, -0.2) is 0 Å². The lowest BCUT2D eigenvalue weighted by molar-refractivity contribution is 0.214. The molecule has 5 heteroatoms. The molecule has 1 fully saturated rings. The number of hydrogen-bond acceptors (Lipinski definition) is 5. The van der Waals surface area contributed by atoms with Crippen LogP contribution in [-0.4, -0.2) is 21.6 Å². The van der Waals surface area contributed by atoms with Gasteiger partial charge in [-0.2, -0.15) is 4.98 Å². The van der Waals surface area contributed by atoms with E-state index in [0.717, 1.165) is 31.2 Å². The number of thiophene rings is 1. The highest BCUT2D eigenvalue weighted by Crippen LogP contribution is 2.35. The molecule has 1 saturated heterocycles. The van der Waals surface area contributed by atoms with Gasteiger partial charge in [-0.1, -0.05) is 25.1 Å². The van der Waals surface area contributed by atoms with Gasteiger partial charge in [0.1, 0.15) is 0 Å². The highest BCUT2D eigenvalue weighted by Gasteiger charge is 2.28. The molecule has 0 bridgehead atoms. The average Bonchev–Trinajstić information content (AvgIpc) is 3.10. The zero-order valence-corrected chi connectivity index (χ0v) is 12.9. The fourth-order valence-electron chi connectivity index (χ4n) is 2.79. The maximum Gasteiger partial charge on any atom is 0.240 e. The number of rotatable bonds is 5. The third kappa shape index (κ3) is 3.10. The predicted molar refractivity (Wildman–Crippen MR) is 79.5 cm³/mol. The second kappa shape index (κ2) is 6.06. The maximum atomic E-state index is 5.39. The highest BCUT2D eigenvalue weighted by molar-refractivity contribution is 7.10. The summed E-state index contributed by atoms with van der Waals surface area (Å²) in [5, 5.41) is 6.23. The first kappa shape index (κ1) is 13.8. The molecule has 2 aromatic rings. The molecular weight excluding hydrogens is 270 g/mol. The van der Waals surface area contributed by atoms with Crippen LogP contribution in [0.5, 0.6) is 0 Å². The standard InChI is InChI=1S/C15H21N3OS/c1-11(2)9-14-16-15(19-17-14)10-18-7-3-5-12(18)13-6-4-8-20-13/h4,6,8,11-12H,3,5,7,9-10H2,1-2H3/t12-/m1/s1. The Balaban J connectivity index is 1.66. The van der Waals surface area contributed by atoms with Crippen molar-refractivity contribution in [3.8, 4) is 0 Å². The molecule has 108 valence electrons. The first-order valence-electron chi connectivity index (χ1n) is 7.31. The minimum atomic E-state index is 0.524. The number of hydrogen-bond donors (Lipinski definition) is 0. The first-order chi connectivity index (χ1) is 9.72. The molecule has 1 atom stereocenters. The van der Waals surface area contributed by atoms with E-state index in [1.807, 2.05) is 11.3 Å². The first-order valence-corrected chi connectivity index (χ1v) is 8.19. The Bertz CT molecular complexity index is 535. The van der Waals surface area contributed by atoms with Crippen LogP contribution in [0.1, 0.15) is 49.3 Å². The van der Waals surface area contributed by atoms with Gasteiger partial charge in [0.2, 0.25) is 5.89 Å². The van der Waals surface area contributed by atoms with Crippen LogP contribution in [0.4, 0.5) is 0 Å². The summed E-state index contributed by atoms with van der Waals surface area (Å²) in [5.41, 5.74) is 0. The molecule has 0 spiro atoms. The molecule has 2 aromatic heterocycles. The van der Waals surface area contributed by atoms with E-state index >= 15 is 0 Å². The smallest absolute Gasteiger partial charge is 0.240 e. The zero-order valence-electron chi connectivity index (χ0n) is 12.1. The van der Waals surface area contributed by atoms with Crippen LogP contribution in [0.3, 0.4) is 0 Å². The summed E-state index contributed by atoms with van der Waals surface area (Å²) in [7, 11) is 0. The summed E-state index contributed by atoms with van der Waals surface area (Å²) in [4.78, 5) is 8.42. The quantitative estimate of drug-likeness (QED) is 0.843. The van der Waals surface area contributed by atoms with E-state index in [4.69, 9.17) is 4.52 Å². The largest absolute Gasteiger partial charge is 0.338 e. The van der Waals surface area contributed by atoms with E-state index in [0.29, 0.717) is 12.0 Å². The van der Waals surface area contributed by atoms with Gasteiger partial charge in [0.05, 0.1) is 6.54 Å². The molecule has 4 nitrogen and oxygen atoms in total. The topological polar surface area (TPSA) is 42.2 Å². The number of aromatic nitrogens is 2. The van der Waals surface area contributed by atoms with Crippen molar-refractivity contribution >= 4 is 11.3 Å². The van der Waals surface area contributed by atoms with E-state index in [2.05, 4.69) is 46.4 Å².